The van der Waals surface area contributed by atoms with Gasteiger partial charge in [0.15, 0.2) is 16.4 Å². The van der Waals surface area contributed by atoms with Gasteiger partial charge in [-0.1, -0.05) is 29.9 Å². The topological polar surface area (TPSA) is 71.7 Å². The van der Waals surface area contributed by atoms with Crippen molar-refractivity contribution < 1.29 is 23.5 Å². The number of benzene rings is 2. The Bertz CT molecular complexity index is 1110. The molecule has 0 radical (unpaired) electrons. The molecular weight excluding hydrogens is 398 g/mol. The lowest BCUT2D eigenvalue weighted by atomic mass is 10.2. The number of halogens is 3. The normalized spacial score (nSPS) is 13.1. The van der Waals surface area contributed by atoms with Gasteiger partial charge in [-0.3, -0.25) is 4.79 Å². The molecule has 1 heterocycles. The molecule has 0 bridgehead atoms. The Hall–Kier alpha value is -2.58. The van der Waals surface area contributed by atoms with Crippen molar-refractivity contribution in [2.45, 2.75) is 19.4 Å². The lowest BCUT2D eigenvalue weighted by Crippen LogP contribution is -2.27. The number of carboxylic acids is 1. The molecule has 1 N–H and O–H groups in total. The van der Waals surface area contributed by atoms with Crippen molar-refractivity contribution in [3.8, 4) is 0 Å². The number of rotatable bonds is 4. The van der Waals surface area contributed by atoms with Gasteiger partial charge in [-0.25, -0.2) is 13.6 Å². The van der Waals surface area contributed by atoms with Crippen molar-refractivity contribution >= 4 is 45.0 Å². The van der Waals surface area contributed by atoms with Crippen LogP contribution in [0.15, 0.2) is 41.4 Å². The van der Waals surface area contributed by atoms with E-state index in [-0.39, 0.29) is 27.0 Å². The summed E-state index contributed by atoms with van der Waals surface area (Å²) in [4.78, 5) is 28.1. The van der Waals surface area contributed by atoms with Crippen LogP contribution in [0, 0.1) is 11.6 Å². The van der Waals surface area contributed by atoms with E-state index in [0.29, 0.717) is 5.02 Å². The Kier molecular flexibility index (Phi) is 5.38. The number of aliphatic carboxylic acids is 1. The summed E-state index contributed by atoms with van der Waals surface area (Å²) >= 11 is 6.71. The van der Waals surface area contributed by atoms with E-state index in [4.69, 9.17) is 11.6 Å². The number of thiazole rings is 1. The zero-order valence-electron chi connectivity index (χ0n) is 13.9. The van der Waals surface area contributed by atoms with E-state index in [9.17, 15) is 23.5 Å². The predicted molar refractivity (Wildman–Crippen MR) is 98.0 cm³/mol. The Balaban J connectivity index is 2.26. The van der Waals surface area contributed by atoms with Gasteiger partial charge in [-0.05, 0) is 36.8 Å². The first-order chi connectivity index (χ1) is 12.8. The van der Waals surface area contributed by atoms with Gasteiger partial charge in [0.05, 0.1) is 10.2 Å². The monoisotopic (exact) mass is 410 g/mol. The van der Waals surface area contributed by atoms with E-state index in [0.717, 1.165) is 23.5 Å². The summed E-state index contributed by atoms with van der Waals surface area (Å²) < 4.78 is 28.9. The number of nitrogens with zero attached hydrogens (tertiary/aromatic N) is 2. The van der Waals surface area contributed by atoms with E-state index < -0.39 is 29.6 Å². The summed E-state index contributed by atoms with van der Waals surface area (Å²) in [5.41, 5.74) is 0.417. The second-order valence-electron chi connectivity index (χ2n) is 5.67. The molecule has 2 aromatic carbocycles. The zero-order chi connectivity index (χ0) is 19.7. The largest absolute Gasteiger partial charge is 0.480 e. The van der Waals surface area contributed by atoms with Crippen LogP contribution in [0.1, 0.15) is 29.7 Å². The molecule has 0 aliphatic rings. The van der Waals surface area contributed by atoms with E-state index in [2.05, 4.69) is 4.99 Å². The van der Waals surface area contributed by atoms with Crippen molar-refractivity contribution in [1.82, 2.24) is 4.57 Å². The summed E-state index contributed by atoms with van der Waals surface area (Å²) in [7, 11) is 0. The van der Waals surface area contributed by atoms with Crippen molar-refractivity contribution in [1.29, 1.82) is 0 Å². The molecule has 0 saturated carbocycles. The number of hydrogen-bond acceptors (Lipinski definition) is 3. The first-order valence-electron chi connectivity index (χ1n) is 7.89. The molecule has 1 aromatic heterocycles. The summed E-state index contributed by atoms with van der Waals surface area (Å²) in [6.07, 6.45) is 0.169. The first kappa shape index (κ1) is 19.2. The molecule has 0 aliphatic heterocycles. The van der Waals surface area contributed by atoms with E-state index in [1.165, 1.54) is 28.8 Å². The molecule has 1 amide bonds. The Morgan fingerprint density at radius 1 is 1.22 bits per heavy atom. The number of aromatic nitrogens is 1. The molecule has 1 atom stereocenters. The van der Waals surface area contributed by atoms with Gasteiger partial charge >= 0.3 is 5.97 Å². The minimum atomic E-state index is -1.16. The van der Waals surface area contributed by atoms with Crippen molar-refractivity contribution in [3.05, 3.63) is 63.4 Å². The number of hydrogen-bond donors (Lipinski definition) is 1. The predicted octanol–water partition coefficient (Wildman–Crippen LogP) is 4.41. The highest BCUT2D eigenvalue weighted by molar-refractivity contribution is 7.16. The average molecular weight is 411 g/mol. The first-order valence-corrected chi connectivity index (χ1v) is 9.08. The highest BCUT2D eigenvalue weighted by atomic mass is 35.5. The molecule has 0 saturated heterocycles. The van der Waals surface area contributed by atoms with Crippen LogP contribution in [0.3, 0.4) is 0 Å². The highest BCUT2D eigenvalue weighted by Crippen LogP contribution is 2.25. The van der Waals surface area contributed by atoms with Crippen LogP contribution < -0.4 is 4.80 Å². The fourth-order valence-electron chi connectivity index (χ4n) is 2.63. The zero-order valence-corrected chi connectivity index (χ0v) is 15.5. The molecule has 3 aromatic rings. The molecule has 0 aliphatic carbocycles. The van der Waals surface area contributed by atoms with Crippen LogP contribution in [0.4, 0.5) is 8.78 Å². The van der Waals surface area contributed by atoms with Gasteiger partial charge in [0, 0.05) is 16.7 Å². The third-order valence-electron chi connectivity index (χ3n) is 3.94. The number of carbonyl (C=O) groups excluding carboxylic acids is 1. The maximum absolute atomic E-state index is 13.7. The van der Waals surface area contributed by atoms with Crippen LogP contribution in [-0.2, 0) is 4.79 Å². The second-order valence-corrected chi connectivity index (χ2v) is 7.12. The molecular formula is C18H13ClF2N2O3S. The molecule has 9 heteroatoms. The third kappa shape index (κ3) is 3.77. The van der Waals surface area contributed by atoms with Crippen LogP contribution in [0.2, 0.25) is 5.02 Å². The Morgan fingerprint density at radius 2 is 1.85 bits per heavy atom. The standard InChI is InChI=1S/C18H13ClF2N2O3S/c1-2-13(17(25)26)23-14-7-11(20)12(21)8-15(14)27-18(23)22-16(24)9-3-5-10(19)6-4-9/h3-8,13H,2H2,1H3,(H,25,26)/b22-18-. The summed E-state index contributed by atoms with van der Waals surface area (Å²) in [6, 6.07) is 6.82. The summed E-state index contributed by atoms with van der Waals surface area (Å²) in [6.45, 7) is 1.64. The summed E-state index contributed by atoms with van der Waals surface area (Å²) in [5.74, 6) is -3.95. The number of carbonyl (C=O) groups is 2. The number of fused-ring (bicyclic) bond motifs is 1. The van der Waals surface area contributed by atoms with Gasteiger partial charge in [0.25, 0.3) is 5.91 Å². The highest BCUT2D eigenvalue weighted by Gasteiger charge is 2.23. The van der Waals surface area contributed by atoms with Crippen molar-refractivity contribution in [3.63, 3.8) is 0 Å². The molecule has 0 spiro atoms. The van der Waals surface area contributed by atoms with Gasteiger partial charge in [-0.2, -0.15) is 4.99 Å². The maximum atomic E-state index is 13.7. The minimum absolute atomic E-state index is 0.0456. The fraction of sp³-hybridized carbons (Fsp3) is 0.167. The Morgan fingerprint density at radius 3 is 2.44 bits per heavy atom. The lowest BCUT2D eigenvalue weighted by molar-refractivity contribution is -0.140. The van der Waals surface area contributed by atoms with Crippen LogP contribution in [0.25, 0.3) is 10.2 Å². The SMILES string of the molecule is CCC(C(=O)O)n1/c(=N/C(=O)c2ccc(Cl)cc2)sc2cc(F)c(F)cc21. The molecule has 3 rings (SSSR count). The third-order valence-corrected chi connectivity index (χ3v) is 5.21. The van der Waals surface area contributed by atoms with E-state index in [1.54, 1.807) is 6.92 Å². The average Bonchev–Trinajstić information content (AvgIpc) is 2.93. The fourth-order valence-corrected chi connectivity index (χ4v) is 3.83. The molecule has 1 unspecified atom stereocenters. The molecule has 27 heavy (non-hydrogen) atoms. The van der Waals surface area contributed by atoms with Crippen LogP contribution in [-0.4, -0.2) is 21.6 Å². The van der Waals surface area contributed by atoms with Gasteiger partial charge in [-0.15, -0.1) is 0 Å². The van der Waals surface area contributed by atoms with E-state index in [1.807, 2.05) is 0 Å². The quantitative estimate of drug-likeness (QED) is 0.692. The Labute approximate surface area is 161 Å². The smallest absolute Gasteiger partial charge is 0.326 e. The van der Waals surface area contributed by atoms with Crippen LogP contribution in [0.5, 0.6) is 0 Å². The number of amides is 1. The van der Waals surface area contributed by atoms with Gasteiger partial charge in [0.1, 0.15) is 6.04 Å². The van der Waals surface area contributed by atoms with Crippen molar-refractivity contribution in [2.24, 2.45) is 4.99 Å². The summed E-state index contributed by atoms with van der Waals surface area (Å²) in [5, 5.41) is 9.96. The molecule has 5 nitrogen and oxygen atoms in total. The molecule has 0 fully saturated rings. The maximum Gasteiger partial charge on any atom is 0.326 e. The van der Waals surface area contributed by atoms with E-state index >= 15 is 0 Å². The minimum Gasteiger partial charge on any atom is -0.480 e. The van der Waals surface area contributed by atoms with Gasteiger partial charge < -0.3 is 9.67 Å². The van der Waals surface area contributed by atoms with Crippen LogP contribution >= 0.6 is 22.9 Å². The lowest BCUT2D eigenvalue weighted by Gasteiger charge is -2.13. The second kappa shape index (κ2) is 7.58. The van der Waals surface area contributed by atoms with Crippen molar-refractivity contribution in [2.75, 3.05) is 0 Å². The number of carboxylic acid groups (broad SMARTS) is 1. The molecule has 140 valence electrons. The van der Waals surface area contributed by atoms with Gasteiger partial charge in [0.2, 0.25) is 0 Å².